The van der Waals surface area contributed by atoms with Gasteiger partial charge in [0.25, 0.3) is 5.91 Å². The highest BCUT2D eigenvalue weighted by Crippen LogP contribution is 2.21. The van der Waals surface area contributed by atoms with Crippen LogP contribution in [0.15, 0.2) is 65.8 Å². The summed E-state index contributed by atoms with van der Waals surface area (Å²) in [6.45, 7) is 0.410. The van der Waals surface area contributed by atoms with E-state index in [1.165, 1.54) is 0 Å². The van der Waals surface area contributed by atoms with Crippen molar-refractivity contribution in [3.05, 3.63) is 71.9 Å². The number of nitrogens with one attached hydrogen (secondary N) is 1. The van der Waals surface area contributed by atoms with Gasteiger partial charge in [-0.25, -0.2) is 5.43 Å². The van der Waals surface area contributed by atoms with Crippen LogP contribution in [0.3, 0.4) is 0 Å². The van der Waals surface area contributed by atoms with Gasteiger partial charge in [0, 0.05) is 5.56 Å². The van der Waals surface area contributed by atoms with Gasteiger partial charge in [-0.1, -0.05) is 30.3 Å². The molecule has 0 spiro atoms. The summed E-state index contributed by atoms with van der Waals surface area (Å²) in [5.74, 6) is 0.506. The topological polar surface area (TPSA) is 68.5 Å². The summed E-state index contributed by atoms with van der Waals surface area (Å²) in [7, 11) is 1.62. The normalized spacial score (nSPS) is 13.5. The summed E-state index contributed by atoms with van der Waals surface area (Å²) < 4.78 is 6.87. The Morgan fingerprint density at radius 2 is 1.80 bits per heavy atom. The van der Waals surface area contributed by atoms with Crippen LogP contribution >= 0.6 is 0 Å². The maximum Gasteiger partial charge on any atom is 0.289 e. The van der Waals surface area contributed by atoms with Crippen molar-refractivity contribution in [2.45, 2.75) is 6.54 Å². The zero-order valence-electron chi connectivity index (χ0n) is 13.6. The first kappa shape index (κ1) is 15.1. The highest BCUT2D eigenvalue weighted by molar-refractivity contribution is 6.04. The van der Waals surface area contributed by atoms with Crippen molar-refractivity contribution < 1.29 is 9.53 Å². The fraction of sp³-hybridized carbons (Fsp3) is 0.105. The smallest absolute Gasteiger partial charge is 0.289 e. The maximum absolute atomic E-state index is 12.3. The third-order valence-electron chi connectivity index (χ3n) is 4.10. The van der Waals surface area contributed by atoms with Gasteiger partial charge in [-0.05, 0) is 35.9 Å². The molecule has 0 radical (unpaired) electrons. The van der Waals surface area contributed by atoms with Gasteiger partial charge in [-0.3, -0.25) is 9.48 Å². The Bertz CT molecular complexity index is 943. The summed E-state index contributed by atoms with van der Waals surface area (Å²) in [5, 5.41) is 8.83. The Morgan fingerprint density at radius 1 is 1.04 bits per heavy atom. The van der Waals surface area contributed by atoms with E-state index in [-0.39, 0.29) is 5.91 Å². The van der Waals surface area contributed by atoms with Gasteiger partial charge < -0.3 is 4.74 Å². The zero-order chi connectivity index (χ0) is 17.2. The van der Waals surface area contributed by atoms with Crippen molar-refractivity contribution in [2.75, 3.05) is 7.11 Å². The molecule has 0 unspecified atom stereocenters. The van der Waals surface area contributed by atoms with Crippen molar-refractivity contribution >= 4 is 11.6 Å². The van der Waals surface area contributed by atoms with Crippen molar-refractivity contribution in [1.82, 2.24) is 15.2 Å². The van der Waals surface area contributed by atoms with E-state index in [9.17, 15) is 4.79 Å². The number of carbonyl (C=O) groups is 1. The van der Waals surface area contributed by atoms with E-state index in [2.05, 4.69) is 15.6 Å². The number of ether oxygens (including phenoxy) is 1. The molecular weight excluding hydrogens is 316 g/mol. The Hall–Kier alpha value is -3.41. The molecule has 0 bridgehead atoms. The number of hydrogen-bond acceptors (Lipinski definition) is 4. The molecule has 1 aliphatic heterocycles. The van der Waals surface area contributed by atoms with Crippen molar-refractivity contribution in [1.29, 1.82) is 0 Å². The second-order valence-electron chi connectivity index (χ2n) is 5.67. The van der Waals surface area contributed by atoms with E-state index < -0.39 is 0 Å². The Morgan fingerprint density at radius 3 is 2.52 bits per heavy atom. The molecule has 1 aromatic heterocycles. The number of aromatic nitrogens is 2. The number of fused-ring (bicyclic) bond motifs is 1. The molecule has 0 atom stereocenters. The number of hydrogen-bond donors (Lipinski definition) is 1. The molecule has 0 aliphatic carbocycles. The van der Waals surface area contributed by atoms with Gasteiger partial charge in [0.2, 0.25) is 0 Å². The number of methoxy groups -OCH3 is 1. The molecule has 3 aromatic rings. The number of amides is 1. The lowest BCUT2D eigenvalue weighted by atomic mass is 10.1. The summed E-state index contributed by atoms with van der Waals surface area (Å²) in [5.41, 5.74) is 6.47. The largest absolute Gasteiger partial charge is 0.497 e. The number of rotatable bonds is 3. The zero-order valence-corrected chi connectivity index (χ0v) is 13.6. The average molecular weight is 332 g/mol. The quantitative estimate of drug-likeness (QED) is 0.802. The maximum atomic E-state index is 12.3. The standard InChI is InChI=1S/C19H16N4O2/c1-25-15-9-7-14(8-10-15)17-12-23-18(19(24)21-20-17)11-16(22-23)13-5-3-2-4-6-13/h2-11H,12H2,1H3,(H,21,24). The number of hydrazone groups is 1. The molecule has 1 aliphatic rings. The molecule has 2 heterocycles. The molecule has 1 N–H and O–H groups in total. The number of carbonyl (C=O) groups excluding carboxylic acids is 1. The van der Waals surface area contributed by atoms with Gasteiger partial charge in [0.05, 0.1) is 25.1 Å². The van der Waals surface area contributed by atoms with Crippen LogP contribution in [0.1, 0.15) is 16.1 Å². The van der Waals surface area contributed by atoms with E-state index in [1.807, 2.05) is 54.6 Å². The lowest BCUT2D eigenvalue weighted by Crippen LogP contribution is -2.18. The Labute approximate surface area is 144 Å². The van der Waals surface area contributed by atoms with Crippen LogP contribution in [-0.4, -0.2) is 28.5 Å². The predicted octanol–water partition coefficient (Wildman–Crippen LogP) is 2.71. The SMILES string of the molecule is COc1ccc(C2=NNC(=O)c3cc(-c4ccccc4)nn3C2)cc1. The third-order valence-corrected chi connectivity index (χ3v) is 4.10. The van der Waals surface area contributed by atoms with Crippen LogP contribution in [0.5, 0.6) is 5.75 Å². The first-order chi connectivity index (χ1) is 12.2. The molecule has 124 valence electrons. The van der Waals surface area contributed by atoms with Crippen LogP contribution in [0.25, 0.3) is 11.3 Å². The van der Waals surface area contributed by atoms with Crippen LogP contribution < -0.4 is 10.2 Å². The molecular formula is C19H16N4O2. The molecule has 0 saturated heterocycles. The summed E-state index contributed by atoms with van der Waals surface area (Å²) in [6, 6.07) is 19.1. The molecule has 25 heavy (non-hydrogen) atoms. The van der Waals surface area contributed by atoms with Crippen LogP contribution in [0, 0.1) is 0 Å². The number of nitrogens with zero attached hydrogens (tertiary/aromatic N) is 3. The number of benzene rings is 2. The summed E-state index contributed by atoms with van der Waals surface area (Å²) >= 11 is 0. The van der Waals surface area contributed by atoms with E-state index >= 15 is 0 Å². The van der Waals surface area contributed by atoms with Crippen LogP contribution in [-0.2, 0) is 6.54 Å². The molecule has 0 saturated carbocycles. The average Bonchev–Trinajstić information content (AvgIpc) is 3.03. The first-order valence-corrected chi connectivity index (χ1v) is 7.89. The van der Waals surface area contributed by atoms with E-state index in [0.717, 1.165) is 28.3 Å². The van der Waals surface area contributed by atoms with Crippen molar-refractivity contribution in [2.24, 2.45) is 5.10 Å². The minimum Gasteiger partial charge on any atom is -0.497 e. The lowest BCUT2D eigenvalue weighted by molar-refractivity contribution is 0.0947. The molecule has 4 rings (SSSR count). The second-order valence-corrected chi connectivity index (χ2v) is 5.67. The fourth-order valence-electron chi connectivity index (χ4n) is 2.76. The van der Waals surface area contributed by atoms with Crippen molar-refractivity contribution in [3.8, 4) is 17.0 Å². The third kappa shape index (κ3) is 2.89. The van der Waals surface area contributed by atoms with E-state index in [4.69, 9.17) is 4.74 Å². The molecule has 6 heteroatoms. The Kier molecular flexibility index (Phi) is 3.78. The predicted molar refractivity (Wildman–Crippen MR) is 94.7 cm³/mol. The van der Waals surface area contributed by atoms with Gasteiger partial charge in [0.1, 0.15) is 11.4 Å². The van der Waals surface area contributed by atoms with Crippen LogP contribution in [0.2, 0.25) is 0 Å². The lowest BCUT2D eigenvalue weighted by Gasteiger charge is -2.06. The summed E-state index contributed by atoms with van der Waals surface area (Å²) in [4.78, 5) is 12.3. The molecule has 6 nitrogen and oxygen atoms in total. The minimum absolute atomic E-state index is 0.266. The van der Waals surface area contributed by atoms with Crippen LogP contribution in [0.4, 0.5) is 0 Å². The molecule has 0 fully saturated rings. The fourth-order valence-corrected chi connectivity index (χ4v) is 2.76. The summed E-state index contributed by atoms with van der Waals surface area (Å²) in [6.07, 6.45) is 0. The van der Waals surface area contributed by atoms with Gasteiger partial charge >= 0.3 is 0 Å². The first-order valence-electron chi connectivity index (χ1n) is 7.89. The van der Waals surface area contributed by atoms with Crippen molar-refractivity contribution in [3.63, 3.8) is 0 Å². The Balaban J connectivity index is 1.69. The van der Waals surface area contributed by atoms with E-state index in [0.29, 0.717) is 12.2 Å². The van der Waals surface area contributed by atoms with E-state index in [1.54, 1.807) is 17.9 Å². The van der Waals surface area contributed by atoms with Gasteiger partial charge in [0.15, 0.2) is 0 Å². The molecule has 1 amide bonds. The highest BCUT2D eigenvalue weighted by atomic mass is 16.5. The monoisotopic (exact) mass is 332 g/mol. The highest BCUT2D eigenvalue weighted by Gasteiger charge is 2.21. The molecule has 2 aromatic carbocycles. The van der Waals surface area contributed by atoms with Gasteiger partial charge in [-0.2, -0.15) is 10.2 Å². The second kappa shape index (κ2) is 6.24. The minimum atomic E-state index is -0.266. The van der Waals surface area contributed by atoms with Gasteiger partial charge in [-0.15, -0.1) is 0 Å².